The molecule has 1 aliphatic carbocycles. The van der Waals surface area contributed by atoms with E-state index >= 15 is 0 Å². The number of carbonyl (C=O) groups is 2. The van der Waals surface area contributed by atoms with E-state index in [1.165, 1.54) is 0 Å². The van der Waals surface area contributed by atoms with Crippen LogP contribution in [-0.4, -0.2) is 11.7 Å². The highest BCUT2D eigenvalue weighted by Crippen LogP contribution is 2.41. The van der Waals surface area contributed by atoms with Crippen LogP contribution in [0.3, 0.4) is 0 Å². The van der Waals surface area contributed by atoms with Gasteiger partial charge in [0.1, 0.15) is 0 Å². The Morgan fingerprint density at radius 3 is 2.59 bits per heavy atom. The van der Waals surface area contributed by atoms with E-state index in [2.05, 4.69) is 13.0 Å². The summed E-state index contributed by atoms with van der Waals surface area (Å²) >= 11 is 0. The second kappa shape index (κ2) is 8.20. The first-order valence-electron chi connectivity index (χ1n) is 10.5. The molecule has 148 valence electrons. The van der Waals surface area contributed by atoms with Gasteiger partial charge in [-0.3, -0.25) is 14.5 Å². The van der Waals surface area contributed by atoms with Crippen LogP contribution in [0.2, 0.25) is 0 Å². The summed E-state index contributed by atoms with van der Waals surface area (Å²) in [6.07, 6.45) is 7.43. The van der Waals surface area contributed by atoms with Gasteiger partial charge in [0.15, 0.2) is 5.78 Å². The Morgan fingerprint density at radius 1 is 1.03 bits per heavy atom. The minimum Gasteiger partial charge on any atom is -0.294 e. The molecule has 0 spiro atoms. The van der Waals surface area contributed by atoms with Gasteiger partial charge in [0, 0.05) is 30.0 Å². The lowest BCUT2D eigenvalue weighted by atomic mass is 9.79. The van der Waals surface area contributed by atoms with Crippen LogP contribution in [0.5, 0.6) is 0 Å². The largest absolute Gasteiger partial charge is 0.294 e. The van der Waals surface area contributed by atoms with Crippen molar-refractivity contribution in [2.24, 2.45) is 5.92 Å². The molecule has 3 nitrogen and oxygen atoms in total. The van der Waals surface area contributed by atoms with E-state index < -0.39 is 0 Å². The predicted octanol–water partition coefficient (Wildman–Crippen LogP) is 5.63. The lowest BCUT2D eigenvalue weighted by Crippen LogP contribution is -2.41. The Morgan fingerprint density at radius 2 is 1.83 bits per heavy atom. The minimum absolute atomic E-state index is 0.0881. The molecule has 1 unspecified atom stereocenters. The number of allylic oxidation sites excluding steroid dienone is 3. The first-order valence-corrected chi connectivity index (χ1v) is 10.5. The Hall–Kier alpha value is -2.94. The number of Topliss-reactive ketones (excluding diaryl/α,β-unsaturated/α-hetero) is 1. The zero-order valence-electron chi connectivity index (χ0n) is 17.2. The molecule has 0 radical (unpaired) electrons. The van der Waals surface area contributed by atoms with Crippen LogP contribution in [0, 0.1) is 12.8 Å². The van der Waals surface area contributed by atoms with E-state index in [9.17, 15) is 9.59 Å². The first kappa shape index (κ1) is 19.4. The minimum atomic E-state index is -0.143. The highest BCUT2D eigenvalue weighted by molar-refractivity contribution is 6.07. The van der Waals surface area contributed by atoms with Gasteiger partial charge in [-0.2, -0.15) is 0 Å². The Kier molecular flexibility index (Phi) is 5.48. The molecule has 0 saturated carbocycles. The third-order valence-electron chi connectivity index (χ3n) is 5.96. The number of nitrogens with zero attached hydrogens (tertiary/aromatic N) is 1. The molecule has 29 heavy (non-hydrogen) atoms. The number of para-hydroxylation sites is 1. The fraction of sp³-hybridized carbons (Fsp3) is 0.308. The highest BCUT2D eigenvalue weighted by Gasteiger charge is 2.38. The Bertz CT molecular complexity index is 1000. The third kappa shape index (κ3) is 3.69. The molecule has 0 bridgehead atoms. The summed E-state index contributed by atoms with van der Waals surface area (Å²) in [4.78, 5) is 28.2. The zero-order valence-corrected chi connectivity index (χ0v) is 17.2. The first-order chi connectivity index (χ1) is 14.1. The summed E-state index contributed by atoms with van der Waals surface area (Å²) in [6.45, 7) is 4.16. The number of hydrogen-bond donors (Lipinski definition) is 0. The summed E-state index contributed by atoms with van der Waals surface area (Å²) in [5.41, 5.74) is 6.06. The summed E-state index contributed by atoms with van der Waals surface area (Å²) in [5.74, 6) is 0.138. The average molecular weight is 386 g/mol. The summed E-state index contributed by atoms with van der Waals surface area (Å²) < 4.78 is 0. The van der Waals surface area contributed by atoms with Crippen molar-refractivity contribution in [1.29, 1.82) is 0 Å². The van der Waals surface area contributed by atoms with Crippen LogP contribution in [0.4, 0.5) is 5.69 Å². The van der Waals surface area contributed by atoms with E-state index in [0.717, 1.165) is 52.9 Å². The van der Waals surface area contributed by atoms with E-state index in [0.29, 0.717) is 12.8 Å². The Balaban J connectivity index is 1.81. The quantitative estimate of drug-likeness (QED) is 0.684. The maximum atomic E-state index is 13.3. The normalized spacial score (nSPS) is 19.8. The van der Waals surface area contributed by atoms with Crippen LogP contribution >= 0.6 is 0 Å². The van der Waals surface area contributed by atoms with Crippen LogP contribution < -0.4 is 4.90 Å². The van der Waals surface area contributed by atoms with Crippen molar-refractivity contribution >= 4 is 23.5 Å². The van der Waals surface area contributed by atoms with Gasteiger partial charge in [-0.05, 0) is 42.9 Å². The van der Waals surface area contributed by atoms with Gasteiger partial charge in [0.25, 0.3) is 0 Å². The van der Waals surface area contributed by atoms with Crippen molar-refractivity contribution < 1.29 is 9.59 Å². The fourth-order valence-electron chi connectivity index (χ4n) is 4.57. The second-order valence-electron chi connectivity index (χ2n) is 7.88. The summed E-state index contributed by atoms with van der Waals surface area (Å²) in [5, 5.41) is 0. The molecule has 0 aromatic heterocycles. The van der Waals surface area contributed by atoms with Gasteiger partial charge in [0.2, 0.25) is 5.91 Å². The number of ketones is 1. The van der Waals surface area contributed by atoms with Gasteiger partial charge < -0.3 is 0 Å². The number of hydrogen-bond acceptors (Lipinski definition) is 2. The lowest BCUT2D eigenvalue weighted by molar-refractivity contribution is -0.120. The summed E-state index contributed by atoms with van der Waals surface area (Å²) in [6, 6.07) is 16.2. The molecule has 1 aliphatic heterocycles. The van der Waals surface area contributed by atoms with E-state index in [1.807, 2.05) is 66.4 Å². The molecule has 0 fully saturated rings. The molecule has 1 atom stereocenters. The zero-order chi connectivity index (χ0) is 20.4. The van der Waals surface area contributed by atoms with E-state index in [1.54, 1.807) is 0 Å². The maximum Gasteiger partial charge on any atom is 0.232 e. The molecule has 3 heteroatoms. The lowest BCUT2D eigenvalue weighted by Gasteiger charge is -2.38. The number of carbonyl (C=O) groups excluding carboxylic acids is 2. The Labute approximate surface area is 172 Å². The number of benzene rings is 2. The topological polar surface area (TPSA) is 37.4 Å². The molecular formula is C26H27NO2. The summed E-state index contributed by atoms with van der Waals surface area (Å²) in [7, 11) is 0. The molecule has 2 aromatic rings. The highest BCUT2D eigenvalue weighted by atomic mass is 16.2. The van der Waals surface area contributed by atoms with Crippen LogP contribution in [-0.2, 0) is 16.0 Å². The van der Waals surface area contributed by atoms with Crippen LogP contribution in [0.1, 0.15) is 49.3 Å². The molecule has 1 heterocycles. The average Bonchev–Trinajstić information content (AvgIpc) is 2.73. The number of anilines is 1. The van der Waals surface area contributed by atoms with Crippen molar-refractivity contribution in [3.05, 3.63) is 82.6 Å². The van der Waals surface area contributed by atoms with Gasteiger partial charge in [-0.25, -0.2) is 0 Å². The van der Waals surface area contributed by atoms with Gasteiger partial charge >= 0.3 is 0 Å². The van der Waals surface area contributed by atoms with Gasteiger partial charge in [-0.1, -0.05) is 67.6 Å². The smallest absolute Gasteiger partial charge is 0.232 e. The molecule has 0 saturated heterocycles. The van der Waals surface area contributed by atoms with Crippen molar-refractivity contribution in [2.75, 3.05) is 4.90 Å². The van der Waals surface area contributed by atoms with Crippen LogP contribution in [0.15, 0.2) is 65.9 Å². The number of amides is 1. The van der Waals surface area contributed by atoms with Crippen molar-refractivity contribution in [2.45, 2.75) is 46.0 Å². The molecule has 2 aliphatic rings. The van der Waals surface area contributed by atoms with Crippen molar-refractivity contribution in [3.63, 3.8) is 0 Å². The number of rotatable bonds is 4. The molecular weight excluding hydrogens is 358 g/mol. The van der Waals surface area contributed by atoms with Crippen LogP contribution in [0.25, 0.3) is 6.08 Å². The molecule has 4 rings (SSSR count). The predicted molar refractivity (Wildman–Crippen MR) is 118 cm³/mol. The molecule has 0 N–H and O–H groups in total. The second-order valence-corrected chi connectivity index (χ2v) is 7.88. The monoisotopic (exact) mass is 385 g/mol. The van der Waals surface area contributed by atoms with Gasteiger partial charge in [0.05, 0.1) is 5.69 Å². The van der Waals surface area contributed by atoms with E-state index in [4.69, 9.17) is 0 Å². The van der Waals surface area contributed by atoms with Crippen molar-refractivity contribution in [3.8, 4) is 0 Å². The van der Waals surface area contributed by atoms with E-state index in [-0.39, 0.29) is 17.6 Å². The number of aryl methyl sites for hydroxylation is 2. The maximum absolute atomic E-state index is 13.3. The van der Waals surface area contributed by atoms with Gasteiger partial charge in [-0.15, -0.1) is 0 Å². The third-order valence-corrected chi connectivity index (χ3v) is 5.96. The molecule has 1 amide bonds. The SMILES string of the molecule is CCc1cccc(C)c1N1C(=O)CC(/C=C/c2ccccc2)C2=C1CCCC2=O. The van der Waals surface area contributed by atoms with Crippen molar-refractivity contribution in [1.82, 2.24) is 0 Å². The standard InChI is InChI=1S/C26H27NO2/c1-3-20-12-7-9-18(2)26(20)27-22-13-8-14-23(28)25(22)21(17-24(27)29)16-15-19-10-5-4-6-11-19/h4-7,9-12,15-16,21H,3,8,13-14,17H2,1-2H3/b16-15+. The molecule has 2 aromatic carbocycles. The fourth-order valence-corrected chi connectivity index (χ4v) is 4.57.